The Balaban J connectivity index is 1.78. The first-order chi connectivity index (χ1) is 13.3. The molecule has 27 heavy (non-hydrogen) atoms. The van der Waals surface area contributed by atoms with Crippen molar-refractivity contribution in [3.05, 3.63) is 83.6 Å². The van der Waals surface area contributed by atoms with Gasteiger partial charge < -0.3 is 4.42 Å². The van der Waals surface area contributed by atoms with Crippen molar-refractivity contribution >= 4 is 38.8 Å². The minimum Gasteiger partial charge on any atom is -0.455 e. The molecule has 0 spiro atoms. The van der Waals surface area contributed by atoms with E-state index < -0.39 is 0 Å². The summed E-state index contributed by atoms with van der Waals surface area (Å²) in [6.45, 7) is 2.09. The molecule has 2 heteroatoms. The first-order valence-corrected chi connectivity index (χ1v) is 9.29. The number of nitrogens with zero attached hydrogens (tertiary/aromatic N) is 1. The lowest BCUT2D eigenvalue weighted by atomic mass is 9.90. The average molecular weight is 347 g/mol. The molecule has 128 valence electrons. The second-order valence-corrected chi connectivity index (χ2v) is 7.29. The highest BCUT2D eigenvalue weighted by Gasteiger charge is 2.18. The molecule has 2 heterocycles. The monoisotopic (exact) mass is 347 g/mol. The van der Waals surface area contributed by atoms with E-state index in [-0.39, 0.29) is 0 Å². The van der Waals surface area contributed by atoms with Crippen LogP contribution < -0.4 is 0 Å². The lowest BCUT2D eigenvalue weighted by Crippen LogP contribution is -1.92. The number of allylic oxidation sites excluding steroid dienone is 1. The molecule has 0 saturated heterocycles. The minimum atomic E-state index is 0.918. The molecule has 0 radical (unpaired) electrons. The second-order valence-electron chi connectivity index (χ2n) is 7.29. The van der Waals surface area contributed by atoms with E-state index in [0.717, 1.165) is 34.2 Å². The average Bonchev–Trinajstić information content (AvgIpc) is 3.07. The molecule has 1 aliphatic rings. The number of hydrogen-bond acceptors (Lipinski definition) is 2. The summed E-state index contributed by atoms with van der Waals surface area (Å²) in [5.74, 6) is 0. The van der Waals surface area contributed by atoms with Gasteiger partial charge in [-0.2, -0.15) is 0 Å². The number of aromatic nitrogens is 1. The lowest BCUT2D eigenvalue weighted by Gasteiger charge is -2.13. The summed E-state index contributed by atoms with van der Waals surface area (Å²) in [6.07, 6.45) is 7.27. The van der Waals surface area contributed by atoms with E-state index in [0.29, 0.717) is 0 Å². The summed E-state index contributed by atoms with van der Waals surface area (Å²) < 4.78 is 6.43. The molecular formula is C25H17NO. The summed E-state index contributed by atoms with van der Waals surface area (Å²) >= 11 is 0. The Morgan fingerprint density at radius 1 is 0.926 bits per heavy atom. The van der Waals surface area contributed by atoms with Gasteiger partial charge in [-0.15, -0.1) is 0 Å². The van der Waals surface area contributed by atoms with Crippen molar-refractivity contribution in [1.29, 1.82) is 0 Å². The second kappa shape index (κ2) is 5.31. The van der Waals surface area contributed by atoms with Crippen LogP contribution in [-0.4, -0.2) is 4.98 Å². The molecule has 3 aromatic carbocycles. The van der Waals surface area contributed by atoms with Crippen LogP contribution in [0.3, 0.4) is 0 Å². The topological polar surface area (TPSA) is 26.0 Å². The molecule has 2 aromatic heterocycles. The third-order valence-corrected chi connectivity index (χ3v) is 5.56. The van der Waals surface area contributed by atoms with Gasteiger partial charge >= 0.3 is 0 Å². The van der Waals surface area contributed by atoms with Crippen molar-refractivity contribution in [3.8, 4) is 11.3 Å². The Labute approximate surface area is 156 Å². The van der Waals surface area contributed by atoms with Crippen molar-refractivity contribution < 1.29 is 4.42 Å². The molecule has 0 aliphatic heterocycles. The third-order valence-electron chi connectivity index (χ3n) is 5.56. The van der Waals surface area contributed by atoms with Gasteiger partial charge in [0, 0.05) is 22.5 Å². The maximum Gasteiger partial charge on any atom is 0.144 e. The zero-order valence-electron chi connectivity index (χ0n) is 15.0. The largest absolute Gasteiger partial charge is 0.455 e. The SMILES string of the molecule is Cc1ccnc(-c2cccc3c2oc2cc4c5c(cccc5c23)C=CC4)c1. The van der Waals surface area contributed by atoms with E-state index in [2.05, 4.69) is 72.6 Å². The van der Waals surface area contributed by atoms with Crippen LogP contribution in [-0.2, 0) is 6.42 Å². The van der Waals surface area contributed by atoms with E-state index in [9.17, 15) is 0 Å². The number of pyridine rings is 1. The summed E-state index contributed by atoms with van der Waals surface area (Å²) in [4.78, 5) is 4.58. The first-order valence-electron chi connectivity index (χ1n) is 9.29. The molecule has 0 bridgehead atoms. The van der Waals surface area contributed by atoms with Crippen LogP contribution in [0.25, 0.3) is 50.0 Å². The molecule has 0 unspecified atom stereocenters. The molecule has 0 atom stereocenters. The quantitative estimate of drug-likeness (QED) is 0.338. The van der Waals surface area contributed by atoms with Crippen LogP contribution >= 0.6 is 0 Å². The number of fused-ring (bicyclic) bond motifs is 4. The minimum absolute atomic E-state index is 0.918. The number of hydrogen-bond donors (Lipinski definition) is 0. The third kappa shape index (κ3) is 2.04. The number of rotatable bonds is 1. The van der Waals surface area contributed by atoms with E-state index in [1.54, 1.807) is 0 Å². The molecular weight excluding hydrogens is 330 g/mol. The molecule has 6 rings (SSSR count). The van der Waals surface area contributed by atoms with Gasteiger partial charge in [-0.05, 0) is 65.1 Å². The Morgan fingerprint density at radius 2 is 1.81 bits per heavy atom. The van der Waals surface area contributed by atoms with Crippen LogP contribution in [0.5, 0.6) is 0 Å². The normalized spacial score (nSPS) is 13.1. The first kappa shape index (κ1) is 14.7. The van der Waals surface area contributed by atoms with Gasteiger partial charge in [0.1, 0.15) is 11.2 Å². The van der Waals surface area contributed by atoms with Gasteiger partial charge in [0.25, 0.3) is 0 Å². The van der Waals surface area contributed by atoms with Gasteiger partial charge in [-0.1, -0.05) is 42.5 Å². The molecule has 5 aromatic rings. The number of aryl methyl sites for hydroxylation is 1. The van der Waals surface area contributed by atoms with Gasteiger partial charge in [0.2, 0.25) is 0 Å². The fourth-order valence-corrected chi connectivity index (χ4v) is 4.38. The fraction of sp³-hybridized carbons (Fsp3) is 0.0800. The summed E-state index contributed by atoms with van der Waals surface area (Å²) in [5.41, 5.74) is 7.71. The van der Waals surface area contributed by atoms with Crippen LogP contribution in [0.1, 0.15) is 16.7 Å². The summed E-state index contributed by atoms with van der Waals surface area (Å²) in [7, 11) is 0. The molecule has 0 amide bonds. The van der Waals surface area contributed by atoms with Crippen molar-refractivity contribution in [2.24, 2.45) is 0 Å². The highest BCUT2D eigenvalue weighted by molar-refractivity contribution is 6.22. The van der Waals surface area contributed by atoms with Gasteiger partial charge in [0.05, 0.1) is 5.69 Å². The Hall–Kier alpha value is -3.39. The van der Waals surface area contributed by atoms with E-state index >= 15 is 0 Å². The Morgan fingerprint density at radius 3 is 2.74 bits per heavy atom. The smallest absolute Gasteiger partial charge is 0.144 e. The highest BCUT2D eigenvalue weighted by atomic mass is 16.3. The van der Waals surface area contributed by atoms with Crippen LogP contribution in [0.15, 0.2) is 71.3 Å². The predicted molar refractivity (Wildman–Crippen MR) is 112 cm³/mol. The van der Waals surface area contributed by atoms with Crippen molar-refractivity contribution in [2.45, 2.75) is 13.3 Å². The van der Waals surface area contributed by atoms with Gasteiger partial charge in [0.15, 0.2) is 0 Å². The summed E-state index contributed by atoms with van der Waals surface area (Å²) in [5, 5.41) is 4.99. The molecule has 1 aliphatic carbocycles. The number of benzene rings is 3. The van der Waals surface area contributed by atoms with Crippen molar-refractivity contribution in [2.75, 3.05) is 0 Å². The van der Waals surface area contributed by atoms with Crippen molar-refractivity contribution in [1.82, 2.24) is 4.98 Å². The van der Waals surface area contributed by atoms with E-state index in [1.807, 2.05) is 12.3 Å². The Kier molecular flexibility index (Phi) is 2.90. The predicted octanol–water partition coefficient (Wildman–Crippen LogP) is 6.68. The molecule has 0 N–H and O–H groups in total. The van der Waals surface area contributed by atoms with Crippen LogP contribution in [0.4, 0.5) is 0 Å². The van der Waals surface area contributed by atoms with E-state index in [4.69, 9.17) is 4.42 Å². The van der Waals surface area contributed by atoms with Crippen LogP contribution in [0.2, 0.25) is 0 Å². The van der Waals surface area contributed by atoms with Crippen molar-refractivity contribution in [3.63, 3.8) is 0 Å². The number of furan rings is 1. The zero-order chi connectivity index (χ0) is 18.0. The van der Waals surface area contributed by atoms with E-state index in [1.165, 1.54) is 32.8 Å². The number of para-hydroxylation sites is 1. The zero-order valence-corrected chi connectivity index (χ0v) is 15.0. The standard InChI is InChI=1S/C25H17NO/c1-15-11-12-26-21(13-15)18-8-4-10-20-24-19-9-3-6-16-5-2-7-17(23(16)19)14-22(24)27-25(18)20/h2-6,8-14H,7H2,1H3. The van der Waals surface area contributed by atoms with Crippen LogP contribution in [0, 0.1) is 6.92 Å². The van der Waals surface area contributed by atoms with Gasteiger partial charge in [-0.3, -0.25) is 4.98 Å². The highest BCUT2D eigenvalue weighted by Crippen LogP contribution is 2.41. The molecule has 0 fully saturated rings. The molecule has 2 nitrogen and oxygen atoms in total. The molecule has 0 saturated carbocycles. The van der Waals surface area contributed by atoms with Gasteiger partial charge in [-0.25, -0.2) is 0 Å². The summed E-state index contributed by atoms with van der Waals surface area (Å²) in [6, 6.07) is 19.3. The Bertz CT molecular complexity index is 1400. The maximum atomic E-state index is 6.43. The lowest BCUT2D eigenvalue weighted by molar-refractivity contribution is 0.669. The fourth-order valence-electron chi connectivity index (χ4n) is 4.38. The maximum absolute atomic E-state index is 6.43.